The van der Waals surface area contributed by atoms with Gasteiger partial charge in [-0.15, -0.1) is 13.2 Å². The predicted molar refractivity (Wildman–Crippen MR) is 173 cm³/mol. The molecule has 0 radical (unpaired) electrons. The quantitative estimate of drug-likeness (QED) is 0.0846. The number of benzene rings is 1. The molecule has 0 N–H and O–H groups in total. The molecule has 1 aliphatic heterocycles. The third-order valence-corrected chi connectivity index (χ3v) is 13.7. The fourth-order valence-corrected chi connectivity index (χ4v) is 6.19. The van der Waals surface area contributed by atoms with Crippen LogP contribution in [-0.2, 0) is 23.4 Å². The van der Waals surface area contributed by atoms with Gasteiger partial charge in [0.15, 0.2) is 14.6 Å². The monoisotopic (exact) mass is 684 g/mol. The first kappa shape index (κ1) is 34.7. The molecule has 1 aromatic rings. The van der Waals surface area contributed by atoms with Crippen LogP contribution in [-0.4, -0.2) is 45.3 Å². The van der Waals surface area contributed by atoms with Gasteiger partial charge >= 0.3 is 5.97 Å². The summed E-state index contributed by atoms with van der Waals surface area (Å²) in [5.41, 5.74) is 1.27. The van der Waals surface area contributed by atoms with Crippen LogP contribution in [0.1, 0.15) is 72.7 Å². The van der Waals surface area contributed by atoms with Crippen molar-refractivity contribution in [2.45, 2.75) is 109 Å². The van der Waals surface area contributed by atoms with Crippen LogP contribution >= 0.6 is 22.6 Å². The SMILES string of the molecule is C=C[C@@H]1OC(c2ccc(OC)cc2)O[C@]1(C)CC[C@@H](CC(=O)O[C@H](/C(C)=C/I)[C@@H](C)C=C)O[Si](C)(C)C(C)(C)C. The Kier molecular flexibility index (Phi) is 12.7. The lowest BCUT2D eigenvalue weighted by atomic mass is 9.91. The van der Waals surface area contributed by atoms with E-state index in [2.05, 4.69) is 69.6 Å². The molecule has 0 aliphatic carbocycles. The molecule has 6 nitrogen and oxygen atoms in total. The van der Waals surface area contributed by atoms with E-state index in [1.807, 2.05) is 55.2 Å². The van der Waals surface area contributed by atoms with E-state index < -0.39 is 20.2 Å². The normalized spacial score (nSPS) is 24.2. The summed E-state index contributed by atoms with van der Waals surface area (Å²) in [5.74, 6) is 0.502. The van der Waals surface area contributed by atoms with Gasteiger partial charge in [0.05, 0.1) is 25.2 Å². The molecule has 1 aromatic carbocycles. The molecule has 8 heteroatoms. The van der Waals surface area contributed by atoms with Gasteiger partial charge in [0, 0.05) is 11.5 Å². The van der Waals surface area contributed by atoms with Crippen molar-refractivity contribution in [1.29, 1.82) is 0 Å². The van der Waals surface area contributed by atoms with Gasteiger partial charge in [0.1, 0.15) is 18.0 Å². The van der Waals surface area contributed by atoms with Crippen LogP contribution in [0.25, 0.3) is 0 Å². The second kappa shape index (κ2) is 14.6. The molecule has 1 saturated heterocycles. The van der Waals surface area contributed by atoms with Gasteiger partial charge in [-0.25, -0.2) is 0 Å². The molecule has 0 saturated carbocycles. The van der Waals surface area contributed by atoms with E-state index in [0.717, 1.165) is 16.9 Å². The van der Waals surface area contributed by atoms with Crippen molar-refractivity contribution in [3.8, 4) is 5.75 Å². The molecule has 1 heterocycles. The Hall–Kier alpha value is -1.46. The predicted octanol–water partition coefficient (Wildman–Crippen LogP) is 8.69. The lowest BCUT2D eigenvalue weighted by Crippen LogP contribution is -2.45. The van der Waals surface area contributed by atoms with Crippen LogP contribution < -0.4 is 4.74 Å². The maximum absolute atomic E-state index is 13.3. The zero-order valence-corrected chi connectivity index (χ0v) is 28.9. The van der Waals surface area contributed by atoms with Crippen molar-refractivity contribution < 1.29 is 28.2 Å². The molecule has 0 aromatic heterocycles. The number of carbonyl (C=O) groups is 1. The highest BCUT2D eigenvalue weighted by Gasteiger charge is 2.46. The molecule has 0 bridgehead atoms. The molecule has 0 amide bonds. The zero-order valence-electron chi connectivity index (χ0n) is 25.8. The lowest BCUT2D eigenvalue weighted by molar-refractivity contribution is -0.151. The van der Waals surface area contributed by atoms with E-state index in [9.17, 15) is 4.79 Å². The molecule has 40 heavy (non-hydrogen) atoms. The Morgan fingerprint density at radius 1 is 1.23 bits per heavy atom. The van der Waals surface area contributed by atoms with Crippen molar-refractivity contribution in [1.82, 2.24) is 0 Å². The molecule has 224 valence electrons. The fourth-order valence-electron chi connectivity index (χ4n) is 4.45. The first-order valence-corrected chi connectivity index (χ1v) is 18.1. The number of methoxy groups -OCH3 is 1. The fraction of sp³-hybridized carbons (Fsp3) is 0.594. The third kappa shape index (κ3) is 9.02. The number of hydrogen-bond acceptors (Lipinski definition) is 6. The maximum atomic E-state index is 13.3. The molecule has 2 rings (SSSR count). The summed E-state index contributed by atoms with van der Waals surface area (Å²) in [6.07, 6.45) is 3.52. The summed E-state index contributed by atoms with van der Waals surface area (Å²) in [4.78, 5) is 13.3. The first-order valence-electron chi connectivity index (χ1n) is 14.0. The number of ether oxygens (including phenoxy) is 4. The molecular weight excluding hydrogens is 635 g/mol. The van der Waals surface area contributed by atoms with Gasteiger partial charge < -0.3 is 23.4 Å². The van der Waals surface area contributed by atoms with Crippen molar-refractivity contribution in [3.63, 3.8) is 0 Å². The summed E-state index contributed by atoms with van der Waals surface area (Å²) in [6.45, 7) is 24.9. The molecule has 1 unspecified atom stereocenters. The van der Waals surface area contributed by atoms with Crippen molar-refractivity contribution >= 4 is 36.9 Å². The number of rotatable bonds is 14. The van der Waals surface area contributed by atoms with E-state index in [0.29, 0.717) is 12.8 Å². The topological polar surface area (TPSA) is 63.2 Å². The molecular formula is C32H49IO6Si. The van der Waals surface area contributed by atoms with Crippen LogP contribution in [0.5, 0.6) is 5.75 Å². The summed E-state index contributed by atoms with van der Waals surface area (Å²) < 4.78 is 32.8. The van der Waals surface area contributed by atoms with Crippen molar-refractivity contribution in [2.24, 2.45) is 5.92 Å². The van der Waals surface area contributed by atoms with Gasteiger partial charge in [0.2, 0.25) is 0 Å². The van der Waals surface area contributed by atoms with E-state index in [1.165, 1.54) is 0 Å². The zero-order chi connectivity index (χ0) is 30.3. The van der Waals surface area contributed by atoms with E-state index in [1.54, 1.807) is 13.2 Å². The highest BCUT2D eigenvalue weighted by Crippen LogP contribution is 2.43. The highest BCUT2D eigenvalue weighted by atomic mass is 127. The standard InChI is InChI=1S/C32H49IO6Si/c1-12-22(3)29(23(4)21-33)37-28(34)20-26(39-40(10,11)31(5,6)7)18-19-32(8)27(13-2)36-30(38-32)24-14-16-25(35-9)17-15-24/h12-17,21-22,26-27,29-30H,1-2,18-20H2,3-11H3/b23-21+/t22-,26-,27-,29-,30?,32+/m0/s1. The van der Waals surface area contributed by atoms with Gasteiger partial charge in [-0.1, -0.05) is 74.6 Å². The third-order valence-electron chi connectivity index (χ3n) is 8.20. The van der Waals surface area contributed by atoms with E-state index >= 15 is 0 Å². The van der Waals surface area contributed by atoms with E-state index in [-0.39, 0.29) is 41.7 Å². The largest absolute Gasteiger partial charge is 0.497 e. The molecule has 6 atom stereocenters. The molecule has 1 aliphatic rings. The Balaban J connectivity index is 2.23. The maximum Gasteiger partial charge on any atom is 0.308 e. The second-order valence-corrected chi connectivity index (χ2v) is 17.8. The van der Waals surface area contributed by atoms with Crippen molar-refractivity contribution in [3.05, 3.63) is 64.8 Å². The minimum atomic E-state index is -2.17. The molecule has 1 fully saturated rings. The Labute approximate surface area is 256 Å². The molecule has 0 spiro atoms. The second-order valence-electron chi connectivity index (χ2n) is 12.4. The Bertz CT molecular complexity index is 1030. The summed E-state index contributed by atoms with van der Waals surface area (Å²) in [6, 6.07) is 7.68. The van der Waals surface area contributed by atoms with Gasteiger partial charge in [0.25, 0.3) is 0 Å². The number of halogens is 1. The van der Waals surface area contributed by atoms with Gasteiger partial charge in [-0.05, 0) is 66.6 Å². The van der Waals surface area contributed by atoms with Crippen molar-refractivity contribution in [2.75, 3.05) is 7.11 Å². The summed E-state index contributed by atoms with van der Waals surface area (Å²) in [7, 11) is -0.534. The highest BCUT2D eigenvalue weighted by molar-refractivity contribution is 14.1. The minimum absolute atomic E-state index is 0.000844. The smallest absolute Gasteiger partial charge is 0.308 e. The number of carbonyl (C=O) groups excluding carboxylic acids is 1. The lowest BCUT2D eigenvalue weighted by Gasteiger charge is -2.40. The Morgan fingerprint density at radius 3 is 2.35 bits per heavy atom. The Morgan fingerprint density at radius 2 is 1.85 bits per heavy atom. The minimum Gasteiger partial charge on any atom is -0.497 e. The van der Waals surface area contributed by atoms with Crippen LogP contribution in [0.4, 0.5) is 0 Å². The average molecular weight is 685 g/mol. The van der Waals surface area contributed by atoms with Crippen LogP contribution in [0.15, 0.2) is 59.2 Å². The average Bonchev–Trinajstić information content (AvgIpc) is 3.25. The van der Waals surface area contributed by atoms with Crippen LogP contribution in [0.3, 0.4) is 0 Å². The van der Waals surface area contributed by atoms with E-state index in [4.69, 9.17) is 23.4 Å². The van der Waals surface area contributed by atoms with Crippen LogP contribution in [0, 0.1) is 5.92 Å². The summed E-state index contributed by atoms with van der Waals surface area (Å²) >= 11 is 2.18. The number of esters is 1. The summed E-state index contributed by atoms with van der Waals surface area (Å²) in [5, 5.41) is -0.00440. The number of hydrogen-bond donors (Lipinski definition) is 0. The van der Waals surface area contributed by atoms with Gasteiger partial charge in [-0.2, -0.15) is 0 Å². The van der Waals surface area contributed by atoms with Crippen LogP contribution in [0.2, 0.25) is 18.1 Å². The van der Waals surface area contributed by atoms with Gasteiger partial charge in [-0.3, -0.25) is 4.79 Å². The first-order chi connectivity index (χ1) is 18.6.